The third-order valence-electron chi connectivity index (χ3n) is 3.39. The lowest BCUT2D eigenvalue weighted by atomic mass is 10.2. The Morgan fingerprint density at radius 2 is 1.95 bits per heavy atom. The van der Waals surface area contributed by atoms with Crippen LogP contribution in [0.15, 0.2) is 36.4 Å². The molecule has 1 heterocycles. The van der Waals surface area contributed by atoms with Crippen molar-refractivity contribution in [1.29, 1.82) is 0 Å². The Morgan fingerprint density at radius 1 is 1.15 bits per heavy atom. The quantitative estimate of drug-likeness (QED) is 0.714. The van der Waals surface area contributed by atoms with Crippen molar-refractivity contribution in [3.63, 3.8) is 0 Å². The summed E-state index contributed by atoms with van der Waals surface area (Å²) in [5.74, 6) is 0. The summed E-state index contributed by atoms with van der Waals surface area (Å²) in [7, 11) is 2.03. The number of nitrogens with two attached hydrogens (primary N) is 1. The molecule has 20 heavy (non-hydrogen) atoms. The molecule has 0 bridgehead atoms. The molecular weight excluding hydrogens is 266 g/mol. The Labute approximate surface area is 122 Å². The fourth-order valence-corrected chi connectivity index (χ4v) is 3.22. The van der Waals surface area contributed by atoms with Crippen LogP contribution in [-0.2, 0) is 0 Å². The van der Waals surface area contributed by atoms with Crippen LogP contribution in [-0.4, -0.2) is 12.0 Å². The van der Waals surface area contributed by atoms with Gasteiger partial charge in [0.1, 0.15) is 0 Å². The SMILES string of the molecule is Cc1cccc(N(C)c2cc3nc(C)sc3cc2N)c1. The molecule has 0 aliphatic carbocycles. The summed E-state index contributed by atoms with van der Waals surface area (Å²) in [6.07, 6.45) is 0. The number of anilines is 3. The van der Waals surface area contributed by atoms with Gasteiger partial charge in [0.2, 0.25) is 0 Å². The summed E-state index contributed by atoms with van der Waals surface area (Å²) in [6, 6.07) is 12.5. The van der Waals surface area contributed by atoms with E-state index in [9.17, 15) is 0 Å². The summed E-state index contributed by atoms with van der Waals surface area (Å²) in [5, 5.41) is 1.06. The van der Waals surface area contributed by atoms with E-state index >= 15 is 0 Å². The van der Waals surface area contributed by atoms with Crippen molar-refractivity contribution in [1.82, 2.24) is 4.98 Å². The van der Waals surface area contributed by atoms with Gasteiger partial charge < -0.3 is 10.6 Å². The van der Waals surface area contributed by atoms with Crippen molar-refractivity contribution < 1.29 is 0 Å². The monoisotopic (exact) mass is 283 g/mol. The minimum absolute atomic E-state index is 0.783. The van der Waals surface area contributed by atoms with Gasteiger partial charge in [-0.3, -0.25) is 0 Å². The van der Waals surface area contributed by atoms with Gasteiger partial charge in [0.25, 0.3) is 0 Å². The molecule has 0 spiro atoms. The van der Waals surface area contributed by atoms with Gasteiger partial charge in [-0.25, -0.2) is 4.98 Å². The van der Waals surface area contributed by atoms with Crippen LogP contribution >= 0.6 is 11.3 Å². The molecule has 3 aromatic rings. The average Bonchev–Trinajstić information content (AvgIpc) is 2.76. The Kier molecular flexibility index (Phi) is 3.10. The van der Waals surface area contributed by atoms with E-state index in [1.54, 1.807) is 11.3 Å². The van der Waals surface area contributed by atoms with E-state index in [4.69, 9.17) is 5.73 Å². The lowest BCUT2D eigenvalue weighted by molar-refractivity contribution is 1.20. The predicted octanol–water partition coefficient (Wildman–Crippen LogP) is 4.26. The van der Waals surface area contributed by atoms with E-state index in [-0.39, 0.29) is 0 Å². The zero-order valence-electron chi connectivity index (χ0n) is 11.8. The van der Waals surface area contributed by atoms with E-state index in [1.165, 1.54) is 5.56 Å². The molecule has 0 fully saturated rings. The van der Waals surface area contributed by atoms with Gasteiger partial charge in [-0.2, -0.15) is 0 Å². The first-order valence-electron chi connectivity index (χ1n) is 6.51. The number of thiazole rings is 1. The number of benzene rings is 2. The van der Waals surface area contributed by atoms with E-state index in [0.29, 0.717) is 0 Å². The summed E-state index contributed by atoms with van der Waals surface area (Å²) in [5.41, 5.74) is 11.4. The number of aromatic nitrogens is 1. The minimum atomic E-state index is 0.783. The highest BCUT2D eigenvalue weighted by atomic mass is 32.1. The molecule has 2 aromatic carbocycles. The van der Waals surface area contributed by atoms with Crippen molar-refractivity contribution in [2.75, 3.05) is 17.7 Å². The van der Waals surface area contributed by atoms with Gasteiger partial charge in [0.05, 0.1) is 26.6 Å². The second-order valence-corrected chi connectivity index (χ2v) is 6.24. The first-order chi connectivity index (χ1) is 9.54. The Morgan fingerprint density at radius 3 is 2.70 bits per heavy atom. The molecule has 0 saturated carbocycles. The molecule has 3 rings (SSSR count). The van der Waals surface area contributed by atoms with Crippen LogP contribution in [0, 0.1) is 13.8 Å². The molecule has 0 aliphatic rings. The summed E-state index contributed by atoms with van der Waals surface area (Å²) < 4.78 is 1.14. The number of nitrogen functional groups attached to an aromatic ring is 1. The van der Waals surface area contributed by atoms with Gasteiger partial charge >= 0.3 is 0 Å². The maximum Gasteiger partial charge on any atom is 0.0907 e. The van der Waals surface area contributed by atoms with Crippen LogP contribution in [0.1, 0.15) is 10.6 Å². The average molecular weight is 283 g/mol. The molecule has 0 atom stereocenters. The second kappa shape index (κ2) is 4.80. The third kappa shape index (κ3) is 2.23. The van der Waals surface area contributed by atoms with E-state index in [0.717, 1.165) is 32.3 Å². The topological polar surface area (TPSA) is 42.2 Å². The van der Waals surface area contributed by atoms with Crippen molar-refractivity contribution in [2.45, 2.75) is 13.8 Å². The molecule has 102 valence electrons. The van der Waals surface area contributed by atoms with Crippen LogP contribution in [0.2, 0.25) is 0 Å². The van der Waals surface area contributed by atoms with E-state index < -0.39 is 0 Å². The number of nitrogens with zero attached hydrogens (tertiary/aromatic N) is 2. The van der Waals surface area contributed by atoms with Gasteiger partial charge in [-0.05, 0) is 43.7 Å². The summed E-state index contributed by atoms with van der Waals surface area (Å²) in [6.45, 7) is 4.11. The maximum atomic E-state index is 6.21. The molecule has 0 radical (unpaired) electrons. The molecule has 0 amide bonds. The largest absolute Gasteiger partial charge is 0.397 e. The lowest BCUT2D eigenvalue weighted by Crippen LogP contribution is -2.11. The number of rotatable bonds is 2. The fourth-order valence-electron chi connectivity index (χ4n) is 2.36. The van der Waals surface area contributed by atoms with Crippen LogP contribution in [0.4, 0.5) is 17.1 Å². The highest BCUT2D eigenvalue weighted by Crippen LogP contribution is 2.34. The van der Waals surface area contributed by atoms with E-state index in [2.05, 4.69) is 47.1 Å². The number of fused-ring (bicyclic) bond motifs is 1. The fraction of sp³-hybridized carbons (Fsp3) is 0.188. The standard InChI is InChI=1S/C16H17N3S/c1-10-5-4-6-12(7-10)19(3)15-9-14-16(8-13(15)17)20-11(2)18-14/h4-9H,17H2,1-3H3. The molecule has 3 nitrogen and oxygen atoms in total. The predicted molar refractivity (Wildman–Crippen MR) is 88.0 cm³/mol. The Hall–Kier alpha value is -2.07. The van der Waals surface area contributed by atoms with E-state index in [1.807, 2.05) is 20.0 Å². The first-order valence-corrected chi connectivity index (χ1v) is 7.33. The number of hydrogen-bond acceptors (Lipinski definition) is 4. The Bertz CT molecular complexity index is 776. The first kappa shape index (κ1) is 12.9. The van der Waals surface area contributed by atoms with Crippen molar-refractivity contribution in [3.05, 3.63) is 47.0 Å². The van der Waals surface area contributed by atoms with Gasteiger partial charge in [0, 0.05) is 12.7 Å². The molecule has 0 saturated heterocycles. The molecular formula is C16H17N3S. The minimum Gasteiger partial charge on any atom is -0.397 e. The van der Waals surface area contributed by atoms with Crippen molar-refractivity contribution in [2.24, 2.45) is 0 Å². The maximum absolute atomic E-state index is 6.21. The normalized spacial score (nSPS) is 10.9. The van der Waals surface area contributed by atoms with Gasteiger partial charge in [-0.15, -0.1) is 11.3 Å². The Balaban J connectivity index is 2.10. The molecule has 2 N–H and O–H groups in total. The highest BCUT2D eigenvalue weighted by Gasteiger charge is 2.11. The molecule has 4 heteroatoms. The molecule has 1 aromatic heterocycles. The second-order valence-electron chi connectivity index (χ2n) is 5.01. The number of hydrogen-bond donors (Lipinski definition) is 1. The molecule has 0 unspecified atom stereocenters. The lowest BCUT2D eigenvalue weighted by Gasteiger charge is -2.21. The van der Waals surface area contributed by atoms with Crippen molar-refractivity contribution >= 4 is 38.6 Å². The smallest absolute Gasteiger partial charge is 0.0907 e. The molecule has 0 aliphatic heterocycles. The zero-order valence-corrected chi connectivity index (χ0v) is 12.7. The number of aryl methyl sites for hydroxylation is 2. The van der Waals surface area contributed by atoms with Crippen LogP contribution in [0.25, 0.3) is 10.2 Å². The van der Waals surface area contributed by atoms with Crippen LogP contribution < -0.4 is 10.6 Å². The van der Waals surface area contributed by atoms with Crippen molar-refractivity contribution in [3.8, 4) is 0 Å². The summed E-state index contributed by atoms with van der Waals surface area (Å²) >= 11 is 1.68. The summed E-state index contributed by atoms with van der Waals surface area (Å²) in [4.78, 5) is 6.65. The highest BCUT2D eigenvalue weighted by molar-refractivity contribution is 7.18. The van der Waals surface area contributed by atoms with Crippen LogP contribution in [0.3, 0.4) is 0 Å². The van der Waals surface area contributed by atoms with Gasteiger partial charge in [-0.1, -0.05) is 12.1 Å². The zero-order chi connectivity index (χ0) is 14.3. The van der Waals surface area contributed by atoms with Gasteiger partial charge in [0.15, 0.2) is 0 Å². The van der Waals surface area contributed by atoms with Crippen LogP contribution in [0.5, 0.6) is 0 Å². The third-order valence-corrected chi connectivity index (χ3v) is 4.33.